The molecular formula is C12H14BrNO4. The van der Waals surface area contributed by atoms with Gasteiger partial charge in [-0.3, -0.25) is 0 Å². The Balaban J connectivity index is 1.97. The monoisotopic (exact) mass is 315 g/mol. The van der Waals surface area contributed by atoms with Gasteiger partial charge in [0.2, 0.25) is 0 Å². The van der Waals surface area contributed by atoms with Gasteiger partial charge in [-0.25, -0.2) is 4.79 Å². The normalized spacial score (nSPS) is 19.7. The van der Waals surface area contributed by atoms with Crippen LogP contribution in [0.2, 0.25) is 0 Å². The van der Waals surface area contributed by atoms with E-state index in [1.807, 2.05) is 6.07 Å². The summed E-state index contributed by atoms with van der Waals surface area (Å²) in [4.78, 5) is 13.5. The Morgan fingerprint density at radius 1 is 1.56 bits per heavy atom. The molecule has 0 aromatic heterocycles. The van der Waals surface area contributed by atoms with E-state index in [-0.39, 0.29) is 12.7 Å². The predicted molar refractivity (Wildman–Crippen MR) is 68.6 cm³/mol. The summed E-state index contributed by atoms with van der Waals surface area (Å²) in [5.74, 6) is 0.481. The zero-order valence-electron chi connectivity index (χ0n) is 9.71. The lowest BCUT2D eigenvalue weighted by Crippen LogP contribution is -2.47. The molecule has 6 heteroatoms. The van der Waals surface area contributed by atoms with E-state index in [4.69, 9.17) is 14.6 Å². The van der Waals surface area contributed by atoms with Crippen molar-refractivity contribution in [3.63, 3.8) is 0 Å². The van der Waals surface area contributed by atoms with Crippen LogP contribution in [0, 0.1) is 0 Å². The molecule has 1 aromatic rings. The van der Waals surface area contributed by atoms with Crippen molar-refractivity contribution in [2.75, 3.05) is 26.3 Å². The van der Waals surface area contributed by atoms with Crippen LogP contribution in [0.1, 0.15) is 0 Å². The van der Waals surface area contributed by atoms with E-state index in [2.05, 4.69) is 15.9 Å². The molecule has 0 spiro atoms. The van der Waals surface area contributed by atoms with Crippen LogP contribution in [0.4, 0.5) is 4.79 Å². The average Bonchev–Trinajstić information content (AvgIpc) is 2.41. The zero-order valence-corrected chi connectivity index (χ0v) is 11.3. The maximum atomic E-state index is 11.9. The van der Waals surface area contributed by atoms with Gasteiger partial charge in [0.1, 0.15) is 5.75 Å². The van der Waals surface area contributed by atoms with E-state index in [0.29, 0.717) is 25.4 Å². The Morgan fingerprint density at radius 3 is 3.06 bits per heavy atom. The minimum atomic E-state index is -0.427. The first-order valence-electron chi connectivity index (χ1n) is 5.64. The molecule has 1 unspecified atom stereocenters. The molecule has 1 aromatic carbocycles. The summed E-state index contributed by atoms with van der Waals surface area (Å²) in [6, 6.07) is 7.16. The second-order valence-corrected chi connectivity index (χ2v) is 4.77. The average molecular weight is 316 g/mol. The van der Waals surface area contributed by atoms with Crippen LogP contribution in [0.25, 0.3) is 0 Å². The molecule has 5 nitrogen and oxygen atoms in total. The van der Waals surface area contributed by atoms with E-state index in [0.717, 1.165) is 4.47 Å². The van der Waals surface area contributed by atoms with Crippen molar-refractivity contribution in [1.82, 2.24) is 4.90 Å². The van der Waals surface area contributed by atoms with Crippen LogP contribution < -0.4 is 4.74 Å². The van der Waals surface area contributed by atoms with Gasteiger partial charge in [-0.15, -0.1) is 0 Å². The number of aliphatic hydroxyl groups excluding tert-OH is 1. The number of halogens is 1. The summed E-state index contributed by atoms with van der Waals surface area (Å²) in [5.41, 5.74) is 0. The van der Waals surface area contributed by atoms with Gasteiger partial charge in [-0.05, 0) is 28.1 Å². The highest BCUT2D eigenvalue weighted by Crippen LogP contribution is 2.24. The van der Waals surface area contributed by atoms with Gasteiger partial charge >= 0.3 is 6.09 Å². The Morgan fingerprint density at radius 2 is 2.33 bits per heavy atom. The summed E-state index contributed by atoms with van der Waals surface area (Å²) in [7, 11) is 0. The minimum Gasteiger partial charge on any atom is -0.409 e. The third-order valence-corrected chi connectivity index (χ3v) is 3.29. The highest BCUT2D eigenvalue weighted by molar-refractivity contribution is 9.10. The Bertz CT molecular complexity index is 426. The van der Waals surface area contributed by atoms with Crippen molar-refractivity contribution in [3.05, 3.63) is 28.7 Å². The number of rotatable bonds is 2. The van der Waals surface area contributed by atoms with Crippen LogP contribution in [-0.2, 0) is 4.74 Å². The van der Waals surface area contributed by atoms with Crippen molar-refractivity contribution in [1.29, 1.82) is 0 Å². The standard InChI is InChI=1S/C12H14BrNO4/c13-10-3-1-2-4-11(10)18-12(16)14-5-6-17-9(7-14)8-15/h1-4,9,15H,5-8H2. The lowest BCUT2D eigenvalue weighted by molar-refractivity contribution is -0.0449. The molecule has 1 atom stereocenters. The van der Waals surface area contributed by atoms with Crippen LogP contribution in [0.15, 0.2) is 28.7 Å². The van der Waals surface area contributed by atoms with Gasteiger partial charge in [-0.2, -0.15) is 0 Å². The fourth-order valence-corrected chi connectivity index (χ4v) is 2.05. The lowest BCUT2D eigenvalue weighted by Gasteiger charge is -2.31. The molecule has 2 rings (SSSR count). The first-order valence-corrected chi connectivity index (χ1v) is 6.43. The highest BCUT2D eigenvalue weighted by atomic mass is 79.9. The number of ether oxygens (including phenoxy) is 2. The van der Waals surface area contributed by atoms with Crippen LogP contribution in [0.3, 0.4) is 0 Å². The molecular weight excluding hydrogens is 302 g/mol. The van der Waals surface area contributed by atoms with Gasteiger partial charge < -0.3 is 19.5 Å². The Kier molecular flexibility index (Phi) is 4.57. The number of carbonyl (C=O) groups excluding carboxylic acids is 1. The van der Waals surface area contributed by atoms with Crippen LogP contribution in [-0.4, -0.2) is 48.5 Å². The number of benzene rings is 1. The molecule has 0 bridgehead atoms. The van der Waals surface area contributed by atoms with E-state index in [9.17, 15) is 4.79 Å². The third-order valence-electron chi connectivity index (χ3n) is 2.63. The van der Waals surface area contributed by atoms with E-state index in [1.54, 1.807) is 18.2 Å². The number of aliphatic hydroxyl groups is 1. The van der Waals surface area contributed by atoms with Crippen molar-refractivity contribution < 1.29 is 19.4 Å². The fourth-order valence-electron chi connectivity index (χ4n) is 1.68. The summed E-state index contributed by atoms with van der Waals surface area (Å²) in [5, 5.41) is 9.01. The lowest BCUT2D eigenvalue weighted by atomic mass is 10.3. The number of amides is 1. The van der Waals surface area contributed by atoms with Crippen LogP contribution >= 0.6 is 15.9 Å². The molecule has 1 aliphatic rings. The van der Waals surface area contributed by atoms with Gasteiger partial charge in [0.25, 0.3) is 0 Å². The predicted octanol–water partition coefficient (Wildman–Crippen LogP) is 1.64. The van der Waals surface area contributed by atoms with Gasteiger partial charge in [-0.1, -0.05) is 12.1 Å². The smallest absolute Gasteiger partial charge is 0.409 e. The summed E-state index contributed by atoms with van der Waals surface area (Å²) >= 11 is 3.31. The van der Waals surface area contributed by atoms with Crippen molar-refractivity contribution in [3.8, 4) is 5.75 Å². The van der Waals surface area contributed by atoms with E-state index >= 15 is 0 Å². The molecule has 1 N–H and O–H groups in total. The minimum absolute atomic E-state index is 0.0984. The van der Waals surface area contributed by atoms with Crippen molar-refractivity contribution >= 4 is 22.0 Å². The second-order valence-electron chi connectivity index (χ2n) is 3.92. The fraction of sp³-hybridized carbons (Fsp3) is 0.417. The zero-order chi connectivity index (χ0) is 13.0. The number of nitrogens with zero attached hydrogens (tertiary/aromatic N) is 1. The van der Waals surface area contributed by atoms with Crippen LogP contribution in [0.5, 0.6) is 5.75 Å². The quantitative estimate of drug-likeness (QED) is 0.901. The number of morpholine rings is 1. The first kappa shape index (κ1) is 13.3. The molecule has 0 saturated carbocycles. The molecule has 1 amide bonds. The van der Waals surface area contributed by atoms with Crippen molar-refractivity contribution in [2.45, 2.75) is 6.10 Å². The summed E-state index contributed by atoms with van der Waals surface area (Å²) in [6.07, 6.45) is -0.755. The topological polar surface area (TPSA) is 59.0 Å². The molecule has 98 valence electrons. The largest absolute Gasteiger partial charge is 0.415 e. The second kappa shape index (κ2) is 6.17. The maximum absolute atomic E-state index is 11.9. The van der Waals surface area contributed by atoms with Gasteiger partial charge in [0.05, 0.1) is 30.3 Å². The summed E-state index contributed by atoms with van der Waals surface area (Å²) in [6.45, 7) is 1.13. The van der Waals surface area contributed by atoms with E-state index in [1.165, 1.54) is 4.90 Å². The van der Waals surface area contributed by atoms with Crippen molar-refractivity contribution in [2.24, 2.45) is 0 Å². The maximum Gasteiger partial charge on any atom is 0.415 e. The summed E-state index contributed by atoms with van der Waals surface area (Å²) < 4.78 is 11.3. The number of para-hydroxylation sites is 1. The molecule has 18 heavy (non-hydrogen) atoms. The van der Waals surface area contributed by atoms with E-state index < -0.39 is 6.09 Å². The molecule has 1 aliphatic heterocycles. The Hall–Kier alpha value is -1.11. The molecule has 1 fully saturated rings. The number of carbonyl (C=O) groups is 1. The molecule has 0 radical (unpaired) electrons. The van der Waals surface area contributed by atoms with Gasteiger partial charge in [0.15, 0.2) is 0 Å². The highest BCUT2D eigenvalue weighted by Gasteiger charge is 2.25. The number of hydrogen-bond acceptors (Lipinski definition) is 4. The SMILES string of the molecule is O=C(Oc1ccccc1Br)N1CCOC(CO)C1. The molecule has 1 saturated heterocycles. The molecule has 0 aliphatic carbocycles. The first-order chi connectivity index (χ1) is 8.70. The molecule has 1 heterocycles. The number of hydrogen-bond donors (Lipinski definition) is 1. The third kappa shape index (κ3) is 3.22. The Labute approximate surface area is 113 Å². The van der Waals surface area contributed by atoms with Gasteiger partial charge in [0, 0.05) is 6.54 Å².